The lowest BCUT2D eigenvalue weighted by molar-refractivity contribution is 0.0600. The molecule has 4 rings (SSSR count). The second-order valence-electron chi connectivity index (χ2n) is 7.75. The van der Waals surface area contributed by atoms with Crippen LogP contribution in [0.15, 0.2) is 84.2 Å². The maximum Gasteiger partial charge on any atom is 0.337 e. The second kappa shape index (κ2) is 9.57. The maximum absolute atomic E-state index is 13.6. The molecule has 5 nitrogen and oxygen atoms in total. The number of carbonyl (C=O) groups is 1. The van der Waals surface area contributed by atoms with Crippen LogP contribution < -0.4 is 16.1 Å². The Balaban J connectivity index is 1.84. The molecule has 0 aliphatic carbocycles. The zero-order chi connectivity index (χ0) is 23.4. The highest BCUT2D eigenvalue weighted by atomic mass is 16.5. The van der Waals surface area contributed by atoms with Crippen molar-refractivity contribution in [1.29, 1.82) is 0 Å². The van der Waals surface area contributed by atoms with Crippen molar-refractivity contribution in [3.8, 4) is 0 Å². The number of carbonyl (C=O) groups excluding carboxylic acids is 1. The number of rotatable bonds is 6. The van der Waals surface area contributed by atoms with Crippen molar-refractivity contribution in [2.24, 2.45) is 0 Å². The third kappa shape index (κ3) is 4.30. The van der Waals surface area contributed by atoms with Crippen molar-refractivity contribution in [3.63, 3.8) is 0 Å². The highest BCUT2D eigenvalue weighted by Crippen LogP contribution is 2.16. The third-order valence-corrected chi connectivity index (χ3v) is 5.77. The molecule has 0 unspecified atom stereocenters. The van der Waals surface area contributed by atoms with Crippen molar-refractivity contribution in [2.45, 2.75) is 20.0 Å². The summed E-state index contributed by atoms with van der Waals surface area (Å²) in [6.07, 6.45) is 5.80. The summed E-state index contributed by atoms with van der Waals surface area (Å²) in [7, 11) is 1.36. The molecule has 33 heavy (non-hydrogen) atoms. The lowest BCUT2D eigenvalue weighted by atomic mass is 10.1. The van der Waals surface area contributed by atoms with Crippen LogP contribution in [-0.4, -0.2) is 22.2 Å². The first-order valence-corrected chi connectivity index (χ1v) is 10.8. The molecule has 0 aliphatic heterocycles. The normalized spacial score (nSPS) is 12.3. The molecule has 166 valence electrons. The van der Waals surface area contributed by atoms with Gasteiger partial charge in [-0.2, -0.15) is 0 Å². The minimum Gasteiger partial charge on any atom is -0.465 e. The Morgan fingerprint density at radius 3 is 2.33 bits per heavy atom. The number of ether oxygens (including phenoxy) is 1. The quantitative estimate of drug-likeness (QED) is 0.433. The van der Waals surface area contributed by atoms with E-state index in [1.807, 2.05) is 55.5 Å². The van der Waals surface area contributed by atoms with Crippen molar-refractivity contribution >= 4 is 29.2 Å². The smallest absolute Gasteiger partial charge is 0.337 e. The van der Waals surface area contributed by atoms with E-state index >= 15 is 0 Å². The molecule has 0 amide bonds. The van der Waals surface area contributed by atoms with Crippen molar-refractivity contribution in [1.82, 2.24) is 9.13 Å². The predicted octanol–water partition coefficient (Wildman–Crippen LogP) is 3.45. The average Bonchev–Trinajstić information content (AvgIpc) is 3.10. The highest BCUT2D eigenvalue weighted by molar-refractivity contribution is 5.89. The van der Waals surface area contributed by atoms with Gasteiger partial charge in [0.1, 0.15) is 0 Å². The van der Waals surface area contributed by atoms with Crippen LogP contribution in [-0.2, 0) is 17.8 Å². The zero-order valence-corrected chi connectivity index (χ0v) is 18.8. The SMILES string of the molecule is C=C/C=c1/c(Cn2c(=O)n(Cc3cccc(C(=O)OC)c3)c3ccccc32)ccc/c1=C/C. The Kier molecular flexibility index (Phi) is 6.41. The average molecular weight is 439 g/mol. The third-order valence-electron chi connectivity index (χ3n) is 5.77. The van der Waals surface area contributed by atoms with E-state index in [9.17, 15) is 9.59 Å². The van der Waals surface area contributed by atoms with Crippen molar-refractivity contribution in [2.75, 3.05) is 7.11 Å². The molecule has 0 atom stereocenters. The van der Waals surface area contributed by atoms with Gasteiger partial charge in [-0.1, -0.05) is 67.3 Å². The monoisotopic (exact) mass is 438 g/mol. The summed E-state index contributed by atoms with van der Waals surface area (Å²) in [4.78, 5) is 25.5. The largest absolute Gasteiger partial charge is 0.465 e. The molecule has 0 fully saturated rings. The van der Waals surface area contributed by atoms with E-state index in [4.69, 9.17) is 4.74 Å². The lowest BCUT2D eigenvalue weighted by Gasteiger charge is -2.07. The highest BCUT2D eigenvalue weighted by Gasteiger charge is 2.15. The Morgan fingerprint density at radius 2 is 1.67 bits per heavy atom. The molecule has 3 aromatic carbocycles. The van der Waals surface area contributed by atoms with Crippen LogP contribution in [0, 0.1) is 0 Å². The Labute approximate surface area is 192 Å². The van der Waals surface area contributed by atoms with Gasteiger partial charge in [-0.3, -0.25) is 9.13 Å². The van der Waals surface area contributed by atoms with E-state index in [0.717, 1.165) is 32.6 Å². The minimum atomic E-state index is -0.398. The standard InChI is InChI=1S/C28H26N2O3/c1-4-10-24-21(5-2)12-9-14-23(24)19-30-26-16-7-6-15-25(26)29(28(30)32)18-20-11-8-13-22(17-20)27(31)33-3/h4-17H,1,18-19H2,2-3H3/b21-5-,24-10+. The predicted molar refractivity (Wildman–Crippen MR) is 133 cm³/mol. The summed E-state index contributed by atoms with van der Waals surface area (Å²) in [5.41, 5.74) is 3.97. The van der Waals surface area contributed by atoms with Gasteiger partial charge in [-0.15, -0.1) is 0 Å². The van der Waals surface area contributed by atoms with Gasteiger partial charge >= 0.3 is 11.7 Å². The summed E-state index contributed by atoms with van der Waals surface area (Å²) < 4.78 is 8.38. The summed E-state index contributed by atoms with van der Waals surface area (Å²) in [6.45, 7) is 6.64. The Bertz CT molecular complexity index is 1520. The van der Waals surface area contributed by atoms with Gasteiger partial charge in [0.25, 0.3) is 0 Å². The van der Waals surface area contributed by atoms with Crippen LogP contribution in [0.4, 0.5) is 0 Å². The second-order valence-corrected chi connectivity index (χ2v) is 7.75. The fourth-order valence-electron chi connectivity index (χ4n) is 4.19. The molecule has 0 bridgehead atoms. The van der Waals surface area contributed by atoms with Gasteiger partial charge in [-0.25, -0.2) is 9.59 Å². The van der Waals surface area contributed by atoms with Gasteiger partial charge in [-0.05, 0) is 52.8 Å². The van der Waals surface area contributed by atoms with Crippen molar-refractivity contribution in [3.05, 3.63) is 117 Å². The first-order chi connectivity index (χ1) is 16.1. The molecule has 0 aliphatic rings. The summed E-state index contributed by atoms with van der Waals surface area (Å²) in [5.74, 6) is -0.398. The fourth-order valence-corrected chi connectivity index (χ4v) is 4.19. The zero-order valence-electron chi connectivity index (χ0n) is 18.8. The van der Waals surface area contributed by atoms with Crippen LogP contribution in [0.3, 0.4) is 0 Å². The van der Waals surface area contributed by atoms with Crippen LogP contribution in [0.1, 0.15) is 28.4 Å². The molecule has 0 saturated carbocycles. The minimum absolute atomic E-state index is 0.102. The van der Waals surface area contributed by atoms with Crippen LogP contribution in [0.2, 0.25) is 0 Å². The summed E-state index contributed by atoms with van der Waals surface area (Å²) in [6, 6.07) is 21.1. The Morgan fingerprint density at radius 1 is 0.970 bits per heavy atom. The number of esters is 1. The first-order valence-electron chi connectivity index (χ1n) is 10.8. The number of aromatic nitrogens is 2. The summed E-state index contributed by atoms with van der Waals surface area (Å²) >= 11 is 0. The Hall–Kier alpha value is -4.12. The van der Waals surface area contributed by atoms with E-state index in [0.29, 0.717) is 18.7 Å². The molecule has 0 saturated heterocycles. The van der Waals surface area contributed by atoms with Crippen LogP contribution in [0.25, 0.3) is 23.2 Å². The van der Waals surface area contributed by atoms with Gasteiger partial charge in [0.05, 0.1) is 36.8 Å². The van der Waals surface area contributed by atoms with Gasteiger partial charge in [0.15, 0.2) is 0 Å². The number of benzene rings is 3. The number of para-hydroxylation sites is 2. The molecular weight excluding hydrogens is 412 g/mol. The van der Waals surface area contributed by atoms with E-state index in [1.165, 1.54) is 7.11 Å². The van der Waals surface area contributed by atoms with Crippen LogP contribution in [0.5, 0.6) is 0 Å². The number of nitrogens with zero attached hydrogens (tertiary/aromatic N) is 2. The number of hydrogen-bond donors (Lipinski definition) is 0. The van der Waals surface area contributed by atoms with Gasteiger partial charge < -0.3 is 4.74 Å². The number of methoxy groups -OCH3 is 1. The lowest BCUT2D eigenvalue weighted by Crippen LogP contribution is -2.32. The molecule has 4 aromatic rings. The number of hydrogen-bond acceptors (Lipinski definition) is 3. The number of allylic oxidation sites excluding steroid dienone is 1. The van der Waals surface area contributed by atoms with E-state index in [2.05, 4.69) is 18.7 Å². The molecule has 0 radical (unpaired) electrons. The van der Waals surface area contributed by atoms with E-state index in [1.54, 1.807) is 33.4 Å². The topological polar surface area (TPSA) is 53.2 Å². The summed E-state index contributed by atoms with van der Waals surface area (Å²) in [5, 5.41) is 2.16. The molecule has 1 heterocycles. The molecule has 0 N–H and O–H groups in total. The van der Waals surface area contributed by atoms with Crippen molar-refractivity contribution < 1.29 is 9.53 Å². The molecule has 1 aromatic heterocycles. The fraction of sp³-hybridized carbons (Fsp3) is 0.143. The first kappa shape index (κ1) is 22.1. The number of imidazole rings is 1. The van der Waals surface area contributed by atoms with E-state index < -0.39 is 5.97 Å². The van der Waals surface area contributed by atoms with Gasteiger partial charge in [0.2, 0.25) is 0 Å². The molecule has 5 heteroatoms. The number of fused-ring (bicyclic) bond motifs is 1. The van der Waals surface area contributed by atoms with Crippen LogP contribution >= 0.6 is 0 Å². The molecular formula is C28H26N2O3. The van der Waals surface area contributed by atoms with Gasteiger partial charge in [0, 0.05) is 0 Å². The van der Waals surface area contributed by atoms with E-state index in [-0.39, 0.29) is 5.69 Å². The molecule has 0 spiro atoms. The maximum atomic E-state index is 13.6.